The molecule has 0 aliphatic rings. The summed E-state index contributed by atoms with van der Waals surface area (Å²) in [5, 5.41) is 17.2. The summed E-state index contributed by atoms with van der Waals surface area (Å²) >= 11 is 1.37. The Morgan fingerprint density at radius 2 is 2.00 bits per heavy atom. The van der Waals surface area contributed by atoms with Crippen molar-refractivity contribution in [2.75, 3.05) is 13.7 Å². The fraction of sp³-hybridized carbons (Fsp3) is 0.211. The molecule has 124 valence electrons. The summed E-state index contributed by atoms with van der Waals surface area (Å²) in [4.78, 5) is 12.9. The quantitative estimate of drug-likeness (QED) is 0.721. The topological polar surface area (TPSA) is 58.6 Å². The van der Waals surface area contributed by atoms with Gasteiger partial charge in [-0.25, -0.2) is 0 Å². The Labute approximate surface area is 144 Å². The number of thiophene rings is 1. The van der Waals surface area contributed by atoms with E-state index in [-0.39, 0.29) is 12.5 Å². The van der Waals surface area contributed by atoms with Crippen LogP contribution in [0.25, 0.3) is 10.8 Å². The van der Waals surface area contributed by atoms with E-state index in [1.54, 1.807) is 7.11 Å². The molecule has 4 nitrogen and oxygen atoms in total. The van der Waals surface area contributed by atoms with Crippen molar-refractivity contribution in [3.63, 3.8) is 0 Å². The van der Waals surface area contributed by atoms with Gasteiger partial charge in [-0.3, -0.25) is 4.79 Å². The second-order valence-corrected chi connectivity index (χ2v) is 6.46. The number of benzene rings is 2. The number of hydrogen-bond donors (Lipinski definition) is 2. The Hall–Kier alpha value is -2.21. The lowest BCUT2D eigenvalue weighted by molar-refractivity contribution is 0.0916. The second kappa shape index (κ2) is 7.57. The molecular weight excluding hydrogens is 322 g/mol. The van der Waals surface area contributed by atoms with E-state index in [0.29, 0.717) is 11.5 Å². The van der Waals surface area contributed by atoms with Crippen LogP contribution in [-0.4, -0.2) is 24.7 Å². The minimum Gasteiger partial charge on any atom is -0.387 e. The predicted molar refractivity (Wildman–Crippen MR) is 96.3 cm³/mol. The Kier molecular flexibility index (Phi) is 5.25. The van der Waals surface area contributed by atoms with E-state index in [4.69, 9.17) is 4.74 Å². The minimum absolute atomic E-state index is 0.168. The summed E-state index contributed by atoms with van der Waals surface area (Å²) < 4.78 is 5.09. The SMILES string of the molecule is COCc1ccsc1C(=O)NCC(O)c1ccc2ccccc2c1. The first-order chi connectivity index (χ1) is 11.7. The highest BCUT2D eigenvalue weighted by atomic mass is 32.1. The maximum absolute atomic E-state index is 12.3. The summed E-state index contributed by atoms with van der Waals surface area (Å²) in [6.07, 6.45) is -0.746. The fourth-order valence-electron chi connectivity index (χ4n) is 2.61. The standard InChI is InChI=1S/C19H19NO3S/c1-23-12-16-8-9-24-18(16)19(22)20-11-17(21)15-7-6-13-4-2-3-5-14(13)10-15/h2-10,17,21H,11-12H2,1H3,(H,20,22). The van der Waals surface area contributed by atoms with E-state index in [2.05, 4.69) is 5.32 Å². The van der Waals surface area contributed by atoms with Crippen molar-refractivity contribution in [1.29, 1.82) is 0 Å². The van der Waals surface area contributed by atoms with Gasteiger partial charge in [0.15, 0.2) is 0 Å². The molecule has 0 saturated heterocycles. The average Bonchev–Trinajstić information content (AvgIpc) is 3.07. The predicted octanol–water partition coefficient (Wildman–Crippen LogP) is 3.51. The smallest absolute Gasteiger partial charge is 0.261 e. The Morgan fingerprint density at radius 3 is 2.79 bits per heavy atom. The van der Waals surface area contributed by atoms with Gasteiger partial charge in [-0.2, -0.15) is 0 Å². The molecule has 0 saturated carbocycles. The summed E-state index contributed by atoms with van der Waals surface area (Å²) in [5.41, 5.74) is 1.65. The average molecular weight is 341 g/mol. The Balaban J connectivity index is 1.66. The van der Waals surface area contributed by atoms with E-state index in [1.807, 2.05) is 53.9 Å². The molecule has 1 atom stereocenters. The van der Waals surface area contributed by atoms with Crippen LogP contribution in [0, 0.1) is 0 Å². The zero-order valence-electron chi connectivity index (χ0n) is 13.4. The molecule has 3 aromatic rings. The van der Waals surface area contributed by atoms with E-state index in [1.165, 1.54) is 11.3 Å². The summed E-state index contributed by atoms with van der Waals surface area (Å²) in [5.74, 6) is -0.183. The van der Waals surface area contributed by atoms with Gasteiger partial charge in [0.1, 0.15) is 0 Å². The highest BCUT2D eigenvalue weighted by molar-refractivity contribution is 7.12. The van der Waals surface area contributed by atoms with Crippen LogP contribution in [0.5, 0.6) is 0 Å². The zero-order valence-corrected chi connectivity index (χ0v) is 14.2. The Morgan fingerprint density at radius 1 is 1.21 bits per heavy atom. The van der Waals surface area contributed by atoms with Crippen LogP contribution >= 0.6 is 11.3 Å². The number of fused-ring (bicyclic) bond motifs is 1. The third kappa shape index (κ3) is 3.64. The third-order valence-corrected chi connectivity index (χ3v) is 4.82. The second-order valence-electron chi connectivity index (χ2n) is 5.54. The van der Waals surface area contributed by atoms with Gasteiger partial charge in [-0.15, -0.1) is 11.3 Å². The molecule has 0 radical (unpaired) electrons. The normalized spacial score (nSPS) is 12.2. The van der Waals surface area contributed by atoms with Crippen molar-refractivity contribution in [1.82, 2.24) is 5.32 Å². The van der Waals surface area contributed by atoms with Crippen LogP contribution in [0.4, 0.5) is 0 Å². The van der Waals surface area contributed by atoms with Gasteiger partial charge in [-0.1, -0.05) is 36.4 Å². The first-order valence-electron chi connectivity index (χ1n) is 7.69. The first kappa shape index (κ1) is 16.6. The van der Waals surface area contributed by atoms with Gasteiger partial charge >= 0.3 is 0 Å². The van der Waals surface area contributed by atoms with Gasteiger partial charge in [-0.05, 0) is 33.8 Å². The van der Waals surface area contributed by atoms with Crippen LogP contribution in [0.2, 0.25) is 0 Å². The van der Waals surface area contributed by atoms with Crippen molar-refractivity contribution in [2.45, 2.75) is 12.7 Å². The van der Waals surface area contributed by atoms with Crippen LogP contribution in [0.15, 0.2) is 53.9 Å². The number of hydrogen-bond acceptors (Lipinski definition) is 4. The Bertz CT molecular complexity index is 843. The molecular formula is C19H19NO3S. The molecule has 0 spiro atoms. The molecule has 0 fully saturated rings. The molecule has 2 N–H and O–H groups in total. The maximum atomic E-state index is 12.3. The van der Waals surface area contributed by atoms with Crippen molar-refractivity contribution < 1.29 is 14.6 Å². The van der Waals surface area contributed by atoms with E-state index < -0.39 is 6.10 Å². The van der Waals surface area contributed by atoms with Gasteiger partial charge < -0.3 is 15.2 Å². The molecule has 2 aromatic carbocycles. The summed E-state index contributed by atoms with van der Waals surface area (Å²) in [7, 11) is 1.60. The third-order valence-electron chi connectivity index (χ3n) is 3.87. The lowest BCUT2D eigenvalue weighted by Crippen LogP contribution is -2.28. The number of carbonyl (C=O) groups is 1. The number of aliphatic hydroxyl groups is 1. The molecule has 0 bridgehead atoms. The van der Waals surface area contributed by atoms with Crippen LogP contribution < -0.4 is 5.32 Å². The molecule has 0 aliphatic carbocycles. The maximum Gasteiger partial charge on any atom is 0.261 e. The van der Waals surface area contributed by atoms with Crippen molar-refractivity contribution >= 4 is 28.0 Å². The molecule has 3 rings (SSSR count). The van der Waals surface area contributed by atoms with Crippen molar-refractivity contribution in [3.8, 4) is 0 Å². The van der Waals surface area contributed by atoms with E-state index in [9.17, 15) is 9.90 Å². The number of rotatable bonds is 6. The lowest BCUT2D eigenvalue weighted by atomic mass is 10.0. The molecule has 0 aliphatic heterocycles. The van der Waals surface area contributed by atoms with Crippen LogP contribution in [0.3, 0.4) is 0 Å². The number of nitrogens with one attached hydrogen (secondary N) is 1. The lowest BCUT2D eigenvalue weighted by Gasteiger charge is -2.13. The van der Waals surface area contributed by atoms with Gasteiger partial charge in [0.05, 0.1) is 17.6 Å². The number of carbonyl (C=O) groups excluding carboxylic acids is 1. The molecule has 1 unspecified atom stereocenters. The number of aliphatic hydroxyl groups excluding tert-OH is 1. The van der Waals surface area contributed by atoms with Crippen LogP contribution in [0.1, 0.15) is 26.9 Å². The fourth-order valence-corrected chi connectivity index (χ4v) is 3.43. The van der Waals surface area contributed by atoms with E-state index >= 15 is 0 Å². The van der Waals surface area contributed by atoms with E-state index in [0.717, 1.165) is 21.9 Å². The number of amides is 1. The monoisotopic (exact) mass is 341 g/mol. The molecule has 1 amide bonds. The van der Waals surface area contributed by atoms with Crippen molar-refractivity contribution in [3.05, 3.63) is 69.9 Å². The van der Waals surface area contributed by atoms with Crippen molar-refractivity contribution in [2.24, 2.45) is 0 Å². The zero-order chi connectivity index (χ0) is 16.9. The summed E-state index contributed by atoms with van der Waals surface area (Å²) in [6, 6.07) is 15.7. The van der Waals surface area contributed by atoms with Gasteiger partial charge in [0.2, 0.25) is 0 Å². The van der Waals surface area contributed by atoms with Gasteiger partial charge in [0, 0.05) is 19.2 Å². The van der Waals surface area contributed by atoms with Crippen LogP contribution in [-0.2, 0) is 11.3 Å². The molecule has 24 heavy (non-hydrogen) atoms. The largest absolute Gasteiger partial charge is 0.387 e. The highest BCUT2D eigenvalue weighted by Crippen LogP contribution is 2.21. The molecule has 1 aromatic heterocycles. The number of methoxy groups -OCH3 is 1. The molecule has 1 heterocycles. The first-order valence-corrected chi connectivity index (χ1v) is 8.57. The molecule has 5 heteroatoms. The minimum atomic E-state index is -0.746. The number of ether oxygens (including phenoxy) is 1. The summed E-state index contributed by atoms with van der Waals surface area (Å²) in [6.45, 7) is 0.570. The van der Waals surface area contributed by atoms with Gasteiger partial charge in [0.25, 0.3) is 5.91 Å². The highest BCUT2D eigenvalue weighted by Gasteiger charge is 2.15.